The van der Waals surface area contributed by atoms with Gasteiger partial charge in [-0.15, -0.1) is 11.3 Å². The first kappa shape index (κ1) is 14.5. The molecule has 0 radical (unpaired) electrons. The number of aryl methyl sites for hydroxylation is 1. The summed E-state index contributed by atoms with van der Waals surface area (Å²) in [5.74, 6) is 0.313. The third-order valence-corrected chi connectivity index (χ3v) is 5.43. The maximum Gasteiger partial charge on any atom is 0.249 e. The van der Waals surface area contributed by atoms with Crippen molar-refractivity contribution in [3.05, 3.63) is 16.1 Å². The smallest absolute Gasteiger partial charge is 0.249 e. The molecule has 1 aromatic rings. The van der Waals surface area contributed by atoms with Crippen LogP contribution in [-0.4, -0.2) is 39.8 Å². The van der Waals surface area contributed by atoms with Gasteiger partial charge in [-0.2, -0.15) is 0 Å². The lowest BCUT2D eigenvalue weighted by Gasteiger charge is -2.43. The zero-order valence-electron chi connectivity index (χ0n) is 12.7. The van der Waals surface area contributed by atoms with E-state index in [2.05, 4.69) is 10.3 Å². The number of hydrogen-bond acceptors (Lipinski definition) is 4. The van der Waals surface area contributed by atoms with Crippen molar-refractivity contribution in [1.29, 1.82) is 0 Å². The minimum Gasteiger partial charge on any atom is -0.340 e. The zero-order valence-corrected chi connectivity index (χ0v) is 13.5. The fraction of sp³-hybridized carbons (Fsp3) is 0.667. The molecule has 2 fully saturated rings. The lowest BCUT2D eigenvalue weighted by Crippen LogP contribution is -2.69. The van der Waals surface area contributed by atoms with E-state index in [4.69, 9.17) is 0 Å². The van der Waals surface area contributed by atoms with Gasteiger partial charge < -0.3 is 10.2 Å². The molecule has 2 amide bonds. The molecule has 1 aromatic heterocycles. The van der Waals surface area contributed by atoms with E-state index in [0.29, 0.717) is 18.9 Å². The first-order valence-electron chi connectivity index (χ1n) is 7.46. The number of carbonyl (C=O) groups excluding carboxylic acids is 2. The Hall–Kier alpha value is -1.43. The second-order valence-corrected chi connectivity index (χ2v) is 7.31. The number of amides is 2. The van der Waals surface area contributed by atoms with Crippen molar-refractivity contribution in [2.24, 2.45) is 5.92 Å². The molecule has 2 unspecified atom stereocenters. The van der Waals surface area contributed by atoms with Crippen molar-refractivity contribution in [3.8, 4) is 0 Å². The minimum absolute atomic E-state index is 0.0431. The second kappa shape index (κ2) is 5.09. The van der Waals surface area contributed by atoms with Crippen molar-refractivity contribution in [2.45, 2.75) is 51.6 Å². The Balaban J connectivity index is 1.74. The molecule has 0 spiro atoms. The monoisotopic (exact) mass is 307 g/mol. The van der Waals surface area contributed by atoms with E-state index in [1.165, 1.54) is 0 Å². The number of hydrogen-bond donors (Lipinski definition) is 1. The lowest BCUT2D eigenvalue weighted by atomic mass is 9.89. The molecule has 5 nitrogen and oxygen atoms in total. The summed E-state index contributed by atoms with van der Waals surface area (Å²) >= 11 is 1.61. The van der Waals surface area contributed by atoms with Gasteiger partial charge in [-0.05, 0) is 39.5 Å². The Morgan fingerprint density at radius 3 is 2.76 bits per heavy atom. The van der Waals surface area contributed by atoms with Crippen LogP contribution in [0.5, 0.6) is 0 Å². The van der Waals surface area contributed by atoms with E-state index in [1.807, 2.05) is 19.2 Å². The summed E-state index contributed by atoms with van der Waals surface area (Å²) in [7, 11) is 0. The van der Waals surface area contributed by atoms with E-state index in [1.54, 1.807) is 23.2 Å². The highest BCUT2D eigenvalue weighted by atomic mass is 32.1. The Kier molecular flexibility index (Phi) is 3.51. The van der Waals surface area contributed by atoms with Gasteiger partial charge in [0.25, 0.3) is 0 Å². The molecule has 114 valence electrons. The minimum atomic E-state index is -0.707. The van der Waals surface area contributed by atoms with E-state index in [9.17, 15) is 9.59 Å². The van der Waals surface area contributed by atoms with Crippen molar-refractivity contribution < 1.29 is 9.59 Å². The topological polar surface area (TPSA) is 62.3 Å². The highest BCUT2D eigenvalue weighted by Crippen LogP contribution is 2.42. The largest absolute Gasteiger partial charge is 0.340 e. The fourth-order valence-corrected chi connectivity index (χ4v) is 3.67. The molecule has 6 heteroatoms. The van der Waals surface area contributed by atoms with Crippen LogP contribution in [0.4, 0.5) is 0 Å². The van der Waals surface area contributed by atoms with Crippen LogP contribution in [0.3, 0.4) is 0 Å². The Morgan fingerprint density at radius 2 is 2.19 bits per heavy atom. The number of thiazole rings is 1. The van der Waals surface area contributed by atoms with Gasteiger partial charge >= 0.3 is 0 Å². The number of aromatic nitrogens is 1. The maximum atomic E-state index is 12.8. The summed E-state index contributed by atoms with van der Waals surface area (Å²) in [4.78, 5) is 31.2. The molecule has 2 atom stereocenters. The Morgan fingerprint density at radius 1 is 1.48 bits per heavy atom. The van der Waals surface area contributed by atoms with Crippen molar-refractivity contribution in [3.63, 3.8) is 0 Å². The molecule has 21 heavy (non-hydrogen) atoms. The van der Waals surface area contributed by atoms with E-state index < -0.39 is 11.6 Å². The van der Waals surface area contributed by atoms with Crippen molar-refractivity contribution in [2.75, 3.05) is 6.54 Å². The van der Waals surface area contributed by atoms with E-state index in [-0.39, 0.29) is 11.8 Å². The predicted molar refractivity (Wildman–Crippen MR) is 81.0 cm³/mol. The zero-order chi connectivity index (χ0) is 15.2. The van der Waals surface area contributed by atoms with Crippen molar-refractivity contribution >= 4 is 23.2 Å². The van der Waals surface area contributed by atoms with Crippen LogP contribution in [0.15, 0.2) is 5.38 Å². The summed E-state index contributed by atoms with van der Waals surface area (Å²) < 4.78 is 0. The standard InChI is InChI=1S/C15H21N3O2S/c1-9-13(19)17-15(3,11-4-5-11)14(20)18(9)7-6-12-8-21-10(2)16-12/h8-9,11H,4-7H2,1-3H3,(H,17,19). The van der Waals surface area contributed by atoms with Gasteiger partial charge in [0.15, 0.2) is 0 Å². The van der Waals surface area contributed by atoms with Gasteiger partial charge in [-0.25, -0.2) is 4.98 Å². The summed E-state index contributed by atoms with van der Waals surface area (Å²) in [5.41, 5.74) is 0.290. The normalized spacial score (nSPS) is 29.7. The number of rotatable bonds is 4. The van der Waals surface area contributed by atoms with Crippen LogP contribution in [0.25, 0.3) is 0 Å². The van der Waals surface area contributed by atoms with Gasteiger partial charge in [-0.1, -0.05) is 0 Å². The highest BCUT2D eigenvalue weighted by Gasteiger charge is 2.54. The van der Waals surface area contributed by atoms with Gasteiger partial charge in [-0.3, -0.25) is 9.59 Å². The molecule has 0 aromatic carbocycles. The van der Waals surface area contributed by atoms with Crippen LogP contribution in [0, 0.1) is 12.8 Å². The maximum absolute atomic E-state index is 12.8. The predicted octanol–water partition coefficient (Wildman–Crippen LogP) is 1.51. The van der Waals surface area contributed by atoms with Gasteiger partial charge in [0.2, 0.25) is 11.8 Å². The summed E-state index contributed by atoms with van der Waals surface area (Å²) in [6.07, 6.45) is 2.75. The van der Waals surface area contributed by atoms with E-state index in [0.717, 1.165) is 23.5 Å². The first-order chi connectivity index (χ1) is 9.91. The van der Waals surface area contributed by atoms with Crippen LogP contribution >= 0.6 is 11.3 Å². The third kappa shape index (κ3) is 2.57. The van der Waals surface area contributed by atoms with Gasteiger partial charge in [0.1, 0.15) is 11.6 Å². The number of piperazine rings is 1. The third-order valence-electron chi connectivity index (χ3n) is 4.60. The molecule has 1 aliphatic carbocycles. The quantitative estimate of drug-likeness (QED) is 0.917. The Bertz CT molecular complexity index is 581. The SMILES string of the molecule is Cc1nc(CCN2C(=O)C(C)(C3CC3)NC(=O)C2C)cs1. The van der Waals surface area contributed by atoms with Crippen LogP contribution in [0.2, 0.25) is 0 Å². The summed E-state index contributed by atoms with van der Waals surface area (Å²) in [6, 6.07) is -0.399. The molecule has 2 heterocycles. The van der Waals surface area contributed by atoms with Gasteiger partial charge in [0, 0.05) is 18.3 Å². The molecule has 1 saturated heterocycles. The highest BCUT2D eigenvalue weighted by molar-refractivity contribution is 7.09. The molecular formula is C15H21N3O2S. The summed E-state index contributed by atoms with van der Waals surface area (Å²) in [5, 5.41) is 6.00. The molecule has 3 rings (SSSR count). The summed E-state index contributed by atoms with van der Waals surface area (Å²) in [6.45, 7) is 6.20. The van der Waals surface area contributed by atoms with Crippen LogP contribution in [-0.2, 0) is 16.0 Å². The van der Waals surface area contributed by atoms with Crippen LogP contribution < -0.4 is 5.32 Å². The molecule has 1 saturated carbocycles. The molecule has 1 aliphatic heterocycles. The molecule has 2 aliphatic rings. The number of carbonyl (C=O) groups is 2. The van der Waals surface area contributed by atoms with E-state index >= 15 is 0 Å². The average molecular weight is 307 g/mol. The number of nitrogens with one attached hydrogen (secondary N) is 1. The molecule has 0 bridgehead atoms. The molecular weight excluding hydrogens is 286 g/mol. The lowest BCUT2D eigenvalue weighted by molar-refractivity contribution is -0.154. The second-order valence-electron chi connectivity index (χ2n) is 6.25. The first-order valence-corrected chi connectivity index (χ1v) is 8.34. The Labute approximate surface area is 128 Å². The molecule has 1 N–H and O–H groups in total. The average Bonchev–Trinajstić information content (AvgIpc) is 3.21. The van der Waals surface area contributed by atoms with Gasteiger partial charge in [0.05, 0.1) is 10.7 Å². The van der Waals surface area contributed by atoms with Crippen molar-refractivity contribution in [1.82, 2.24) is 15.2 Å². The van der Waals surface area contributed by atoms with Crippen LogP contribution in [0.1, 0.15) is 37.4 Å². The number of nitrogens with zero attached hydrogens (tertiary/aromatic N) is 2. The fourth-order valence-electron chi connectivity index (χ4n) is 3.02.